The first-order valence-electron chi connectivity index (χ1n) is 8.29. The lowest BCUT2D eigenvalue weighted by Gasteiger charge is -2.12. The molecule has 2 aromatic rings. The first-order chi connectivity index (χ1) is 12.0. The number of aryl methyl sites for hydroxylation is 2. The molecule has 0 aliphatic rings. The Morgan fingerprint density at radius 1 is 1.24 bits per heavy atom. The number of rotatable bonds is 7. The van der Waals surface area contributed by atoms with Gasteiger partial charge in [-0.25, -0.2) is 4.79 Å². The van der Waals surface area contributed by atoms with Crippen molar-refractivity contribution < 1.29 is 14.3 Å². The zero-order valence-corrected chi connectivity index (χ0v) is 15.5. The van der Waals surface area contributed by atoms with Gasteiger partial charge in [0.2, 0.25) is 0 Å². The number of hydrogen-bond donors (Lipinski definition) is 2. The molecule has 0 saturated heterocycles. The van der Waals surface area contributed by atoms with Crippen molar-refractivity contribution in [2.75, 3.05) is 26.1 Å². The summed E-state index contributed by atoms with van der Waals surface area (Å²) in [6.45, 7) is 7.49. The first kappa shape index (κ1) is 18.6. The minimum Gasteiger partial charge on any atom is -0.497 e. The number of carbonyl (C=O) groups is 1. The van der Waals surface area contributed by atoms with E-state index in [9.17, 15) is 4.79 Å². The molecule has 0 spiro atoms. The van der Waals surface area contributed by atoms with E-state index in [1.807, 2.05) is 11.6 Å². The van der Waals surface area contributed by atoms with Crippen molar-refractivity contribution >= 4 is 11.7 Å². The van der Waals surface area contributed by atoms with Crippen molar-refractivity contribution in [2.24, 2.45) is 0 Å². The summed E-state index contributed by atoms with van der Waals surface area (Å²) in [7, 11) is 3.13. The Hall–Kier alpha value is -2.70. The van der Waals surface area contributed by atoms with Crippen molar-refractivity contribution in [3.8, 4) is 11.5 Å². The van der Waals surface area contributed by atoms with E-state index in [-0.39, 0.29) is 6.03 Å². The number of anilines is 1. The zero-order valence-electron chi connectivity index (χ0n) is 15.5. The molecular formula is C18H26N4O3. The molecule has 0 fully saturated rings. The summed E-state index contributed by atoms with van der Waals surface area (Å²) in [6.07, 6.45) is 0.741. The highest BCUT2D eigenvalue weighted by molar-refractivity contribution is 5.91. The van der Waals surface area contributed by atoms with E-state index in [0.29, 0.717) is 23.7 Å². The number of aromatic nitrogens is 2. The van der Waals surface area contributed by atoms with Gasteiger partial charge in [0.15, 0.2) is 0 Å². The molecule has 2 N–H and O–H groups in total. The van der Waals surface area contributed by atoms with Crippen molar-refractivity contribution in [1.82, 2.24) is 15.1 Å². The minimum atomic E-state index is -0.276. The van der Waals surface area contributed by atoms with Crippen LogP contribution in [0.4, 0.5) is 10.5 Å². The number of benzene rings is 1. The van der Waals surface area contributed by atoms with Crippen LogP contribution in [-0.4, -0.2) is 36.6 Å². The van der Waals surface area contributed by atoms with Crippen molar-refractivity contribution in [1.29, 1.82) is 0 Å². The monoisotopic (exact) mass is 346 g/mol. The van der Waals surface area contributed by atoms with E-state index in [1.54, 1.807) is 32.4 Å². The van der Waals surface area contributed by atoms with Gasteiger partial charge in [0.1, 0.15) is 11.5 Å². The number of amides is 2. The number of urea groups is 1. The topological polar surface area (TPSA) is 77.4 Å². The summed E-state index contributed by atoms with van der Waals surface area (Å²) in [5.41, 5.74) is 3.94. The molecule has 0 saturated carbocycles. The van der Waals surface area contributed by atoms with Gasteiger partial charge in [0.25, 0.3) is 0 Å². The fourth-order valence-corrected chi connectivity index (χ4v) is 2.77. The van der Waals surface area contributed by atoms with E-state index < -0.39 is 0 Å². The lowest BCUT2D eigenvalue weighted by Crippen LogP contribution is -2.30. The number of ether oxygens (including phenoxy) is 2. The maximum Gasteiger partial charge on any atom is 0.319 e. The second kappa shape index (κ2) is 8.41. The summed E-state index contributed by atoms with van der Waals surface area (Å²) in [5, 5.41) is 10.2. The molecule has 1 heterocycles. The second-order valence-electron chi connectivity index (χ2n) is 5.66. The molecule has 0 radical (unpaired) electrons. The molecule has 0 unspecified atom stereocenters. The van der Waals surface area contributed by atoms with Gasteiger partial charge in [0.05, 0.1) is 25.6 Å². The summed E-state index contributed by atoms with van der Waals surface area (Å²) < 4.78 is 12.4. The van der Waals surface area contributed by atoms with Crippen molar-refractivity contribution in [3.05, 3.63) is 35.2 Å². The Balaban J connectivity index is 1.92. The maximum atomic E-state index is 12.1. The Morgan fingerprint density at radius 3 is 2.60 bits per heavy atom. The maximum absolute atomic E-state index is 12.1. The van der Waals surface area contributed by atoms with Gasteiger partial charge in [0, 0.05) is 24.8 Å². The lowest BCUT2D eigenvalue weighted by atomic mass is 10.1. The number of methoxy groups -OCH3 is 2. The van der Waals surface area contributed by atoms with Crippen molar-refractivity contribution in [3.63, 3.8) is 0 Å². The third-order valence-electron chi connectivity index (χ3n) is 4.15. The fraction of sp³-hybridized carbons (Fsp3) is 0.444. The molecule has 7 nitrogen and oxygen atoms in total. The van der Waals surface area contributed by atoms with E-state index in [4.69, 9.17) is 9.47 Å². The molecule has 136 valence electrons. The van der Waals surface area contributed by atoms with Gasteiger partial charge in [-0.1, -0.05) is 0 Å². The third kappa shape index (κ3) is 4.43. The normalized spacial score (nSPS) is 10.4. The van der Waals surface area contributed by atoms with Crippen LogP contribution in [0.2, 0.25) is 0 Å². The Morgan fingerprint density at radius 2 is 2.00 bits per heavy atom. The van der Waals surface area contributed by atoms with E-state index in [0.717, 1.165) is 24.4 Å². The van der Waals surface area contributed by atoms with Crippen LogP contribution in [-0.2, 0) is 13.0 Å². The van der Waals surface area contributed by atoms with Gasteiger partial charge < -0.3 is 20.1 Å². The average Bonchev–Trinajstić information content (AvgIpc) is 2.89. The summed E-state index contributed by atoms with van der Waals surface area (Å²) >= 11 is 0. The zero-order chi connectivity index (χ0) is 18.4. The Bertz CT molecular complexity index is 740. The second-order valence-corrected chi connectivity index (χ2v) is 5.66. The fourth-order valence-electron chi connectivity index (χ4n) is 2.77. The number of nitrogens with one attached hydrogen (secondary N) is 2. The number of carbonyl (C=O) groups excluding carboxylic acids is 1. The molecule has 7 heteroatoms. The quantitative estimate of drug-likeness (QED) is 0.808. The summed E-state index contributed by atoms with van der Waals surface area (Å²) in [5.74, 6) is 1.21. The lowest BCUT2D eigenvalue weighted by molar-refractivity contribution is 0.252. The standard InChI is InChI=1S/C18H26N4O3/c1-6-22-13(3)15(12(2)21-22)9-10-19-18(23)20-16-8-7-14(24-4)11-17(16)25-5/h7-8,11H,6,9-10H2,1-5H3,(H2,19,20,23). The molecule has 1 aromatic heterocycles. The van der Waals surface area contributed by atoms with Gasteiger partial charge in [-0.05, 0) is 44.9 Å². The molecule has 2 amide bonds. The van der Waals surface area contributed by atoms with Crippen LogP contribution in [0, 0.1) is 13.8 Å². The molecule has 0 bridgehead atoms. The molecule has 0 aliphatic carbocycles. The van der Waals surface area contributed by atoms with Crippen LogP contribution in [0.3, 0.4) is 0 Å². The minimum absolute atomic E-state index is 0.276. The average molecular weight is 346 g/mol. The molecule has 25 heavy (non-hydrogen) atoms. The van der Waals surface area contributed by atoms with Crippen LogP contribution in [0.25, 0.3) is 0 Å². The third-order valence-corrected chi connectivity index (χ3v) is 4.15. The largest absolute Gasteiger partial charge is 0.497 e. The van der Waals surface area contributed by atoms with E-state index in [2.05, 4.69) is 29.6 Å². The predicted octanol–water partition coefficient (Wildman–Crippen LogP) is 2.90. The van der Waals surface area contributed by atoms with Gasteiger partial charge in [-0.2, -0.15) is 5.10 Å². The van der Waals surface area contributed by atoms with Gasteiger partial charge in [-0.3, -0.25) is 4.68 Å². The smallest absolute Gasteiger partial charge is 0.319 e. The Labute approximate surface area is 148 Å². The first-order valence-corrected chi connectivity index (χ1v) is 8.29. The van der Waals surface area contributed by atoms with Crippen LogP contribution in [0.1, 0.15) is 23.9 Å². The number of nitrogens with zero attached hydrogens (tertiary/aromatic N) is 2. The van der Waals surface area contributed by atoms with Gasteiger partial charge >= 0.3 is 6.03 Å². The predicted molar refractivity (Wildman–Crippen MR) is 97.6 cm³/mol. The van der Waals surface area contributed by atoms with Crippen LogP contribution >= 0.6 is 0 Å². The Kier molecular flexibility index (Phi) is 6.27. The van der Waals surface area contributed by atoms with Crippen LogP contribution < -0.4 is 20.1 Å². The molecule has 0 atom stereocenters. The molecule has 1 aromatic carbocycles. The molecule has 2 rings (SSSR count). The van der Waals surface area contributed by atoms with Crippen LogP contribution in [0.5, 0.6) is 11.5 Å². The van der Waals surface area contributed by atoms with Crippen LogP contribution in [0.15, 0.2) is 18.2 Å². The highest BCUT2D eigenvalue weighted by Crippen LogP contribution is 2.28. The van der Waals surface area contributed by atoms with E-state index in [1.165, 1.54) is 5.56 Å². The highest BCUT2D eigenvalue weighted by Gasteiger charge is 2.12. The summed E-state index contributed by atoms with van der Waals surface area (Å²) in [6, 6.07) is 4.96. The summed E-state index contributed by atoms with van der Waals surface area (Å²) in [4.78, 5) is 12.1. The SMILES string of the molecule is CCn1nc(C)c(CCNC(=O)Nc2ccc(OC)cc2OC)c1C. The highest BCUT2D eigenvalue weighted by atomic mass is 16.5. The molecule has 0 aliphatic heterocycles. The van der Waals surface area contributed by atoms with Gasteiger partial charge in [-0.15, -0.1) is 0 Å². The molecular weight excluding hydrogens is 320 g/mol. The van der Waals surface area contributed by atoms with E-state index >= 15 is 0 Å². The van der Waals surface area contributed by atoms with Crippen molar-refractivity contribution in [2.45, 2.75) is 33.7 Å². The number of hydrogen-bond acceptors (Lipinski definition) is 4.